The number of amides is 2. The van der Waals surface area contributed by atoms with E-state index in [1.54, 1.807) is 75.8 Å². The molecule has 1 unspecified atom stereocenters. The van der Waals surface area contributed by atoms with E-state index in [9.17, 15) is 92.3 Å². The van der Waals surface area contributed by atoms with Crippen LogP contribution in [0.5, 0.6) is 0 Å². The van der Waals surface area contributed by atoms with Gasteiger partial charge < -0.3 is 71.5 Å². The van der Waals surface area contributed by atoms with Gasteiger partial charge in [0.1, 0.15) is 11.6 Å². The van der Waals surface area contributed by atoms with Gasteiger partial charge in [0.15, 0.2) is 5.95 Å². The summed E-state index contributed by atoms with van der Waals surface area (Å²) in [4.78, 5) is 106. The molecule has 40 heteroatoms. The SMILES string of the molecule is CO.CO.Cc1cc(C)c(S(=O)(=O)NC(CNC(=O)c2cn(CCCNC(=O)CN3CCN(CO)CCN(CO)CCN(CC(=O)O)CC3)c3cc(CNc4ncc[nH]4)ccc3c2=O)C(=O)O)c(C)c1.O=C(O)C(F)(F)F.O=C(O)C(F)(F)F.O=C(O)C(F)(F)F. The Labute approximate surface area is 512 Å². The lowest BCUT2D eigenvalue weighted by Crippen LogP contribution is -2.49. The monoisotopic (exact) mass is 1350 g/mol. The molecule has 0 radical (unpaired) electrons. The number of aliphatic carboxylic acids is 5. The number of carboxylic acids is 5. The second-order valence-corrected chi connectivity index (χ2v) is 20.4. The van der Waals surface area contributed by atoms with Gasteiger partial charge in [0, 0.05) is 117 Å². The lowest BCUT2D eigenvalue weighted by molar-refractivity contribution is -0.193. The number of hydrogen-bond donors (Lipinski definition) is 14. The van der Waals surface area contributed by atoms with Crippen LogP contribution in [0.1, 0.15) is 39.0 Å². The number of nitrogens with one attached hydrogen (secondary N) is 5. The first kappa shape index (κ1) is 82.9. The second-order valence-electron chi connectivity index (χ2n) is 18.7. The largest absolute Gasteiger partial charge is 0.490 e. The molecule has 1 fully saturated rings. The van der Waals surface area contributed by atoms with Crippen molar-refractivity contribution in [3.8, 4) is 0 Å². The normalized spacial score (nSPS) is 14.1. The van der Waals surface area contributed by atoms with Crippen molar-refractivity contribution in [2.75, 3.05) is 112 Å². The van der Waals surface area contributed by atoms with Crippen molar-refractivity contribution in [2.45, 2.75) is 69.7 Å². The fourth-order valence-corrected chi connectivity index (χ4v) is 9.49. The highest BCUT2D eigenvalue weighted by Gasteiger charge is 2.40. The number of aromatic nitrogens is 3. The van der Waals surface area contributed by atoms with E-state index >= 15 is 0 Å². The maximum atomic E-state index is 13.9. The van der Waals surface area contributed by atoms with E-state index in [2.05, 4.69) is 30.6 Å². The van der Waals surface area contributed by atoms with Crippen LogP contribution >= 0.6 is 0 Å². The lowest BCUT2D eigenvalue weighted by atomic mass is 10.1. The number of benzene rings is 2. The number of nitrogens with zero attached hydrogens (tertiary/aromatic N) is 6. The maximum Gasteiger partial charge on any atom is 0.490 e. The number of anilines is 1. The van der Waals surface area contributed by atoms with Gasteiger partial charge in [-0.15, -0.1) is 0 Å². The number of aliphatic hydroxyl groups is 4. The van der Waals surface area contributed by atoms with Gasteiger partial charge in [-0.05, 0) is 56.0 Å². The van der Waals surface area contributed by atoms with Crippen LogP contribution < -0.4 is 26.1 Å². The molecule has 1 saturated heterocycles. The Morgan fingerprint density at radius 3 is 1.53 bits per heavy atom. The topological polar surface area (TPSA) is 447 Å². The molecule has 0 spiro atoms. The molecule has 2 aromatic carbocycles. The summed E-state index contributed by atoms with van der Waals surface area (Å²) in [6.45, 7) is 7.77. The van der Waals surface area contributed by atoms with Crippen LogP contribution in [0, 0.1) is 20.8 Å². The van der Waals surface area contributed by atoms with E-state index in [1.165, 1.54) is 6.20 Å². The first-order chi connectivity index (χ1) is 42.3. The molecule has 14 N–H and O–H groups in total. The number of imidazole rings is 1. The standard InChI is InChI=1S/C43H61N11O11S.3C2HF3O2.2CH4O/c1-29-19-30(2)40(31(3)20-29)66(64,65)49-35(42(62)63)23-47-41(61)34-24-54(36-21-32(5-6-33(36)39(34)60)22-48-43-45-8-9-46-43)10-4-7-44-37(57)25-50-11-12-51(26-38(58)59)14-16-53(28-56)18-17-52(27-55)15-13-50;3*3-2(4,5)1(6)7;2*1-2/h5-6,8-9,19-21,24,35,49,55-56H,4,7,10-18,22-23,25-28H2,1-3H3,(H,44,57)(H,47,61)(H,58,59)(H,62,63)(H2,45,46,48);3*(H,6,7);2*2H,1H3. The van der Waals surface area contributed by atoms with Crippen LogP contribution in [-0.2, 0) is 51.9 Å². The van der Waals surface area contributed by atoms with Crippen LogP contribution in [0.15, 0.2) is 58.6 Å². The zero-order valence-electron chi connectivity index (χ0n) is 49.3. The molecule has 5 rings (SSSR count). The number of carboxylic acid groups (broad SMARTS) is 5. The third-order valence-electron chi connectivity index (χ3n) is 12.0. The Morgan fingerprint density at radius 2 is 1.12 bits per heavy atom. The van der Waals surface area contributed by atoms with Crippen molar-refractivity contribution in [1.82, 2.24) is 49.5 Å². The van der Waals surface area contributed by atoms with E-state index in [0.717, 1.165) is 25.3 Å². The molecule has 1 aliphatic heterocycles. The summed E-state index contributed by atoms with van der Waals surface area (Å²) in [7, 11) is -2.34. The number of alkyl halides is 9. The van der Waals surface area contributed by atoms with Gasteiger partial charge in [-0.25, -0.2) is 27.8 Å². The number of hydrogen-bond acceptors (Lipinski definition) is 20. The zero-order chi connectivity index (χ0) is 70.2. The molecule has 30 nitrogen and oxygen atoms in total. The Balaban J connectivity index is 0.00000273. The van der Waals surface area contributed by atoms with Gasteiger partial charge in [0.05, 0.1) is 37.0 Å². The molecule has 2 aromatic heterocycles. The van der Waals surface area contributed by atoms with Gasteiger partial charge in [-0.2, -0.15) is 44.2 Å². The summed E-state index contributed by atoms with van der Waals surface area (Å²) in [6, 6.07) is 6.66. The minimum absolute atomic E-state index is 0.00201. The number of sulfonamides is 1. The molecule has 4 aromatic rings. The average Bonchev–Trinajstić information content (AvgIpc) is 0.959. The van der Waals surface area contributed by atoms with Gasteiger partial charge in [-0.1, -0.05) is 23.8 Å². The average molecular weight is 1350 g/mol. The smallest absolute Gasteiger partial charge is 0.480 e. The molecule has 91 heavy (non-hydrogen) atoms. The van der Waals surface area contributed by atoms with Crippen molar-refractivity contribution < 1.29 is 127 Å². The van der Waals surface area contributed by atoms with Crippen LogP contribution in [-0.4, -0.2) is 261 Å². The molecule has 0 saturated carbocycles. The number of halogens is 9. The third-order valence-corrected chi connectivity index (χ3v) is 13.7. The maximum absolute atomic E-state index is 13.9. The summed E-state index contributed by atoms with van der Waals surface area (Å²) in [5, 5.41) is 83.3. The van der Waals surface area contributed by atoms with Crippen molar-refractivity contribution in [2.24, 2.45) is 0 Å². The molecule has 1 aliphatic rings. The highest BCUT2D eigenvalue weighted by Crippen LogP contribution is 2.23. The fraction of sp³-hybridized carbons (Fsp3) is 0.510. The predicted molar refractivity (Wildman–Crippen MR) is 302 cm³/mol. The number of pyridine rings is 1. The fourth-order valence-electron chi connectivity index (χ4n) is 7.85. The first-order valence-corrected chi connectivity index (χ1v) is 27.7. The van der Waals surface area contributed by atoms with Crippen molar-refractivity contribution in [3.63, 3.8) is 0 Å². The quantitative estimate of drug-likeness (QED) is 0.0417. The molecule has 514 valence electrons. The summed E-state index contributed by atoms with van der Waals surface area (Å²) in [6.07, 6.45) is -10.3. The van der Waals surface area contributed by atoms with E-state index < -0.39 is 82.3 Å². The number of carbonyl (C=O) groups excluding carboxylic acids is 2. The van der Waals surface area contributed by atoms with Crippen molar-refractivity contribution >= 4 is 68.5 Å². The Hall–Kier alpha value is -8.09. The lowest BCUT2D eigenvalue weighted by Gasteiger charge is -2.32. The number of aromatic amines is 1. The molecule has 0 bridgehead atoms. The van der Waals surface area contributed by atoms with Crippen LogP contribution in [0.2, 0.25) is 0 Å². The number of H-pyrrole nitrogens is 1. The van der Waals surface area contributed by atoms with Crippen LogP contribution in [0.4, 0.5) is 45.5 Å². The van der Waals surface area contributed by atoms with E-state index in [-0.39, 0.29) is 61.4 Å². The second kappa shape index (κ2) is 39.9. The molecule has 2 amide bonds. The summed E-state index contributed by atoms with van der Waals surface area (Å²) in [5.41, 5.74) is 2.01. The van der Waals surface area contributed by atoms with E-state index in [0.29, 0.717) is 87.9 Å². The highest BCUT2D eigenvalue weighted by molar-refractivity contribution is 7.89. The Kier molecular flexibility index (Phi) is 36.4. The van der Waals surface area contributed by atoms with Crippen LogP contribution in [0.3, 0.4) is 0 Å². The minimum atomic E-state index is -5.08. The molecule has 3 heterocycles. The van der Waals surface area contributed by atoms with Gasteiger partial charge >= 0.3 is 48.4 Å². The molecule has 0 aliphatic carbocycles. The highest BCUT2D eigenvalue weighted by atomic mass is 32.2. The van der Waals surface area contributed by atoms with Gasteiger partial charge in [0.25, 0.3) is 5.91 Å². The summed E-state index contributed by atoms with van der Waals surface area (Å²) >= 11 is 0. The summed E-state index contributed by atoms with van der Waals surface area (Å²) < 4.78 is 126. The minimum Gasteiger partial charge on any atom is -0.480 e. The van der Waals surface area contributed by atoms with Gasteiger partial charge in [-0.3, -0.25) is 43.6 Å². The Bertz CT molecular complexity index is 3080. The first-order valence-electron chi connectivity index (χ1n) is 26.2. The zero-order valence-corrected chi connectivity index (χ0v) is 50.1. The number of aliphatic hydroxyl groups excluding tert-OH is 4. The third kappa shape index (κ3) is 31.0. The van der Waals surface area contributed by atoms with Crippen molar-refractivity contribution in [1.29, 1.82) is 0 Å². The molecular weight excluding hydrogens is 1270 g/mol. The number of aryl methyl sites for hydroxylation is 4. The van der Waals surface area contributed by atoms with Crippen LogP contribution in [0.25, 0.3) is 10.9 Å². The van der Waals surface area contributed by atoms with Crippen molar-refractivity contribution in [3.05, 3.63) is 87.0 Å². The van der Waals surface area contributed by atoms with Gasteiger partial charge in [0.2, 0.25) is 21.4 Å². The molecular formula is C51H72F9N11O19S. The van der Waals surface area contributed by atoms with E-state index in [4.69, 9.17) is 39.9 Å². The summed E-state index contributed by atoms with van der Waals surface area (Å²) in [5.74, 6) is -11.5. The predicted octanol–water partition coefficient (Wildman–Crippen LogP) is 0.252. The molecule has 1 atom stereocenters. The van der Waals surface area contributed by atoms with E-state index in [1.807, 2.05) is 11.8 Å². The Morgan fingerprint density at radius 1 is 0.670 bits per heavy atom. The number of rotatable bonds is 20. The number of carbonyl (C=O) groups is 7. The number of fused-ring (bicyclic) bond motifs is 1.